The maximum absolute atomic E-state index is 2.72. The zero-order chi connectivity index (χ0) is 47.1. The summed E-state index contributed by atoms with van der Waals surface area (Å²) in [5.74, 6) is 0. The van der Waals surface area contributed by atoms with Crippen molar-refractivity contribution in [3.63, 3.8) is 0 Å². The van der Waals surface area contributed by atoms with Crippen LogP contribution in [0, 0.1) is 0 Å². The third kappa shape index (κ3) is 5.27. The molecule has 0 aromatic heterocycles. The standard InChI is InChI=1S/C71H49N/c1-16-39-70(40-17-1)62-30-12-8-27-56(62)58-29-18-34-67(69(58)70)72(48-37-38-53-51-23-5-4-21-49(51)50-22-6-7-24-52(50)60(53)42-48)68-44-66-61(43-59(68)47-36-35-45-19-2-3-20-46(45)41-47)57-28-11-15-33-65(57)71(66)63-31-13-9-25-54(63)55-26-10-14-32-64(55)71/h2-15,18-38,41-44H,1,16-17,39-40H2. The van der Waals surface area contributed by atoms with E-state index in [0.29, 0.717) is 0 Å². The van der Waals surface area contributed by atoms with Gasteiger partial charge in [0, 0.05) is 16.7 Å². The minimum Gasteiger partial charge on any atom is -0.310 e. The average Bonchev–Trinajstić information content (AvgIpc) is 4.02. The van der Waals surface area contributed by atoms with Gasteiger partial charge in [-0.2, -0.15) is 0 Å². The van der Waals surface area contributed by atoms with Crippen LogP contribution in [0.15, 0.2) is 237 Å². The molecular weight excluding hydrogens is 867 g/mol. The first-order valence-corrected chi connectivity index (χ1v) is 26.0. The van der Waals surface area contributed by atoms with Crippen LogP contribution < -0.4 is 4.90 Å². The molecule has 0 N–H and O–H groups in total. The summed E-state index contributed by atoms with van der Waals surface area (Å²) in [5.41, 5.74) is 21.8. The first-order valence-electron chi connectivity index (χ1n) is 26.0. The fourth-order valence-corrected chi connectivity index (χ4v) is 14.7. The van der Waals surface area contributed by atoms with Crippen LogP contribution in [0.5, 0.6) is 0 Å². The van der Waals surface area contributed by atoms with Gasteiger partial charge in [0.1, 0.15) is 0 Å². The number of benzene rings is 12. The molecule has 72 heavy (non-hydrogen) atoms. The van der Waals surface area contributed by atoms with E-state index in [4.69, 9.17) is 0 Å². The third-order valence-electron chi connectivity index (χ3n) is 17.6. The van der Waals surface area contributed by atoms with Crippen molar-refractivity contribution in [3.05, 3.63) is 270 Å². The zero-order valence-corrected chi connectivity index (χ0v) is 40.0. The Balaban J connectivity index is 1.08. The lowest BCUT2D eigenvalue weighted by Gasteiger charge is -2.40. The Morgan fingerprint density at radius 3 is 1.46 bits per heavy atom. The quantitative estimate of drug-likeness (QED) is 0.159. The largest absolute Gasteiger partial charge is 0.310 e. The van der Waals surface area contributed by atoms with E-state index < -0.39 is 5.41 Å². The second-order valence-electron chi connectivity index (χ2n) is 20.9. The molecule has 2 spiro atoms. The summed E-state index contributed by atoms with van der Waals surface area (Å²) in [7, 11) is 0. The van der Waals surface area contributed by atoms with Gasteiger partial charge in [0.15, 0.2) is 0 Å². The van der Waals surface area contributed by atoms with Crippen LogP contribution in [0.2, 0.25) is 0 Å². The van der Waals surface area contributed by atoms with Crippen molar-refractivity contribution in [1.29, 1.82) is 0 Å². The Labute approximate surface area is 420 Å². The van der Waals surface area contributed by atoms with Gasteiger partial charge in [-0.25, -0.2) is 0 Å². The van der Waals surface area contributed by atoms with Crippen molar-refractivity contribution >= 4 is 60.2 Å². The number of fused-ring (bicyclic) bond motifs is 22. The highest BCUT2D eigenvalue weighted by molar-refractivity contribution is 6.26. The molecule has 16 rings (SSSR count). The second kappa shape index (κ2) is 15.0. The Morgan fingerprint density at radius 1 is 0.292 bits per heavy atom. The number of nitrogens with zero attached hydrogens (tertiary/aromatic N) is 1. The van der Waals surface area contributed by atoms with Crippen LogP contribution in [-0.2, 0) is 10.8 Å². The van der Waals surface area contributed by atoms with E-state index in [1.165, 1.54) is 152 Å². The molecule has 1 fully saturated rings. The number of hydrogen-bond donors (Lipinski definition) is 0. The molecule has 4 aliphatic rings. The molecule has 338 valence electrons. The van der Waals surface area contributed by atoms with Gasteiger partial charge in [0.05, 0.1) is 16.8 Å². The molecule has 0 radical (unpaired) electrons. The lowest BCUT2D eigenvalue weighted by atomic mass is 9.67. The van der Waals surface area contributed by atoms with Crippen molar-refractivity contribution in [2.75, 3.05) is 4.90 Å². The van der Waals surface area contributed by atoms with Crippen LogP contribution in [0.3, 0.4) is 0 Å². The first-order chi connectivity index (χ1) is 35.7. The predicted molar refractivity (Wildman–Crippen MR) is 302 cm³/mol. The van der Waals surface area contributed by atoms with Gasteiger partial charge in [0.2, 0.25) is 0 Å². The van der Waals surface area contributed by atoms with E-state index in [1.54, 1.807) is 0 Å². The smallest absolute Gasteiger partial charge is 0.0726 e. The Morgan fingerprint density at radius 2 is 0.806 bits per heavy atom. The molecule has 0 saturated heterocycles. The highest BCUT2D eigenvalue weighted by Crippen LogP contribution is 2.65. The van der Waals surface area contributed by atoms with Gasteiger partial charge >= 0.3 is 0 Å². The number of anilines is 3. The Bertz CT molecular complexity index is 4200. The lowest BCUT2D eigenvalue weighted by Crippen LogP contribution is -2.30. The van der Waals surface area contributed by atoms with E-state index in [9.17, 15) is 0 Å². The van der Waals surface area contributed by atoms with Gasteiger partial charge in [-0.3, -0.25) is 0 Å². The normalized spacial score (nSPS) is 15.2. The summed E-state index contributed by atoms with van der Waals surface area (Å²) in [6.07, 6.45) is 6.00. The fraction of sp³-hybridized carbons (Fsp3) is 0.0986. The minimum absolute atomic E-state index is 0.0978. The molecule has 1 nitrogen and oxygen atoms in total. The van der Waals surface area contributed by atoms with Crippen LogP contribution in [0.4, 0.5) is 17.1 Å². The van der Waals surface area contributed by atoms with E-state index in [1.807, 2.05) is 0 Å². The molecular formula is C71H49N. The lowest BCUT2D eigenvalue weighted by molar-refractivity contribution is 0.353. The van der Waals surface area contributed by atoms with Gasteiger partial charge in [0.25, 0.3) is 0 Å². The highest BCUT2D eigenvalue weighted by atomic mass is 15.2. The van der Waals surface area contributed by atoms with Crippen molar-refractivity contribution < 1.29 is 0 Å². The summed E-state index contributed by atoms with van der Waals surface area (Å²) in [5, 5.41) is 10.2. The SMILES string of the molecule is c1ccc2c(c1)-c1cccc(N(c3ccc4c5ccccc5c5ccccc5c4c3)c3cc4c(cc3-c3ccc5ccccc5c3)-c3ccccc3C43c4ccccc4-c4ccccc43)c1C21CCCCC1. The van der Waals surface area contributed by atoms with E-state index in [0.717, 1.165) is 18.5 Å². The molecule has 0 aliphatic heterocycles. The predicted octanol–water partition coefficient (Wildman–Crippen LogP) is 19.0. The number of hydrogen-bond acceptors (Lipinski definition) is 1. The van der Waals surface area contributed by atoms with Gasteiger partial charge < -0.3 is 4.90 Å². The molecule has 0 amide bonds. The van der Waals surface area contributed by atoms with Crippen molar-refractivity contribution in [2.45, 2.75) is 42.9 Å². The van der Waals surface area contributed by atoms with Crippen LogP contribution >= 0.6 is 0 Å². The summed E-state index contributed by atoms with van der Waals surface area (Å²) in [6, 6.07) is 90.9. The van der Waals surface area contributed by atoms with E-state index >= 15 is 0 Å². The van der Waals surface area contributed by atoms with Crippen molar-refractivity contribution in [1.82, 2.24) is 0 Å². The molecule has 0 bridgehead atoms. The van der Waals surface area contributed by atoms with Crippen LogP contribution in [-0.4, -0.2) is 0 Å². The van der Waals surface area contributed by atoms with E-state index in [2.05, 4.69) is 241 Å². The maximum atomic E-state index is 2.72. The molecule has 12 aromatic rings. The highest BCUT2D eigenvalue weighted by Gasteiger charge is 2.52. The second-order valence-corrected chi connectivity index (χ2v) is 20.9. The monoisotopic (exact) mass is 915 g/mol. The summed E-state index contributed by atoms with van der Waals surface area (Å²) in [6.45, 7) is 0. The van der Waals surface area contributed by atoms with Crippen LogP contribution in [0.25, 0.3) is 87.6 Å². The summed E-state index contributed by atoms with van der Waals surface area (Å²) >= 11 is 0. The zero-order valence-electron chi connectivity index (χ0n) is 40.0. The van der Waals surface area contributed by atoms with Crippen molar-refractivity contribution in [2.24, 2.45) is 0 Å². The molecule has 1 saturated carbocycles. The Hall–Kier alpha value is -8.52. The van der Waals surface area contributed by atoms with Crippen molar-refractivity contribution in [3.8, 4) is 44.5 Å². The topological polar surface area (TPSA) is 3.24 Å². The maximum Gasteiger partial charge on any atom is 0.0726 e. The van der Waals surface area contributed by atoms with Gasteiger partial charge in [-0.15, -0.1) is 0 Å². The van der Waals surface area contributed by atoms with Gasteiger partial charge in [-0.05, 0) is 165 Å². The minimum atomic E-state index is -0.514. The third-order valence-corrected chi connectivity index (χ3v) is 17.6. The average molecular weight is 916 g/mol. The molecule has 0 unspecified atom stereocenters. The molecule has 1 heteroatoms. The molecule has 12 aromatic carbocycles. The van der Waals surface area contributed by atoms with E-state index in [-0.39, 0.29) is 5.41 Å². The molecule has 4 aliphatic carbocycles. The number of rotatable bonds is 4. The Kier molecular flexibility index (Phi) is 8.38. The summed E-state index contributed by atoms with van der Waals surface area (Å²) in [4.78, 5) is 2.72. The summed E-state index contributed by atoms with van der Waals surface area (Å²) < 4.78 is 0. The van der Waals surface area contributed by atoms with Crippen LogP contribution in [0.1, 0.15) is 65.5 Å². The molecule has 0 heterocycles. The molecule has 0 atom stereocenters. The first kappa shape index (κ1) is 40.2. The fourth-order valence-electron chi connectivity index (χ4n) is 14.7. The van der Waals surface area contributed by atoms with Gasteiger partial charge in [-0.1, -0.05) is 219 Å².